The van der Waals surface area contributed by atoms with Gasteiger partial charge >= 0.3 is 0 Å². The molecular formula is C23H28N6O4. The van der Waals surface area contributed by atoms with E-state index < -0.39 is 5.91 Å². The van der Waals surface area contributed by atoms with Crippen LogP contribution in [0.5, 0.6) is 17.2 Å². The van der Waals surface area contributed by atoms with E-state index in [-0.39, 0.29) is 5.71 Å². The van der Waals surface area contributed by atoms with Crippen molar-refractivity contribution in [1.82, 2.24) is 10.3 Å². The highest BCUT2D eigenvalue weighted by Gasteiger charge is 2.28. The predicted octanol–water partition coefficient (Wildman–Crippen LogP) is 1.77. The van der Waals surface area contributed by atoms with Gasteiger partial charge in [0.05, 0.1) is 27.0 Å². The maximum Gasteiger partial charge on any atom is 0.294 e. The average molecular weight is 453 g/mol. The van der Waals surface area contributed by atoms with E-state index in [1.54, 1.807) is 12.1 Å². The van der Waals surface area contributed by atoms with Gasteiger partial charge in [0.15, 0.2) is 17.2 Å². The molecule has 2 aliphatic rings. The summed E-state index contributed by atoms with van der Waals surface area (Å²) in [6.45, 7) is 4.10. The number of piperazine rings is 1. The minimum absolute atomic E-state index is 0.160. The number of rotatable bonds is 7. The third-order valence-corrected chi connectivity index (χ3v) is 5.68. The number of anilines is 2. The molecule has 10 nitrogen and oxygen atoms in total. The van der Waals surface area contributed by atoms with Crippen LogP contribution in [0.15, 0.2) is 46.6 Å². The Labute approximate surface area is 192 Å². The molecule has 2 aliphatic heterocycles. The van der Waals surface area contributed by atoms with Crippen molar-refractivity contribution in [3.8, 4) is 17.2 Å². The molecule has 0 spiro atoms. The van der Waals surface area contributed by atoms with Crippen LogP contribution in [0.25, 0.3) is 0 Å². The molecule has 0 radical (unpaired) electrons. The molecule has 0 saturated carbocycles. The number of carbonyl (C=O) groups excluding carboxylic acids is 1. The first-order valence-electron chi connectivity index (χ1n) is 10.6. The predicted molar refractivity (Wildman–Crippen MR) is 128 cm³/mol. The molecule has 0 unspecified atom stereocenters. The molecule has 0 atom stereocenters. The highest BCUT2D eigenvalue weighted by atomic mass is 16.5. The van der Waals surface area contributed by atoms with E-state index in [0.717, 1.165) is 31.9 Å². The zero-order chi connectivity index (χ0) is 23.4. The van der Waals surface area contributed by atoms with Crippen LogP contribution in [0.2, 0.25) is 0 Å². The molecule has 4 rings (SSSR count). The van der Waals surface area contributed by atoms with Gasteiger partial charge in [0, 0.05) is 37.4 Å². The summed E-state index contributed by atoms with van der Waals surface area (Å²) in [5, 5.41) is 8.48. The zero-order valence-corrected chi connectivity index (χ0v) is 19.2. The van der Waals surface area contributed by atoms with Crippen molar-refractivity contribution >= 4 is 28.7 Å². The van der Waals surface area contributed by atoms with Gasteiger partial charge in [0.2, 0.25) is 5.75 Å². The number of hydrazone groups is 2. The molecule has 1 amide bonds. The monoisotopic (exact) mass is 452 g/mol. The summed E-state index contributed by atoms with van der Waals surface area (Å²) in [5.74, 6) is 0.973. The lowest BCUT2D eigenvalue weighted by atomic mass is 10.0. The van der Waals surface area contributed by atoms with E-state index in [4.69, 9.17) is 14.2 Å². The second-order valence-corrected chi connectivity index (χ2v) is 7.72. The molecule has 2 aromatic carbocycles. The summed E-state index contributed by atoms with van der Waals surface area (Å²) >= 11 is 0. The van der Waals surface area contributed by atoms with E-state index >= 15 is 0 Å². The summed E-state index contributed by atoms with van der Waals surface area (Å²) in [5.41, 5.74) is 8.51. The van der Waals surface area contributed by atoms with E-state index in [9.17, 15) is 4.79 Å². The van der Waals surface area contributed by atoms with Crippen molar-refractivity contribution in [2.45, 2.75) is 0 Å². The fourth-order valence-electron chi connectivity index (χ4n) is 3.77. The van der Waals surface area contributed by atoms with Crippen molar-refractivity contribution < 1.29 is 19.0 Å². The third-order valence-electron chi connectivity index (χ3n) is 5.68. The highest BCUT2D eigenvalue weighted by molar-refractivity contribution is 6.72. The number of ether oxygens (including phenoxy) is 3. The van der Waals surface area contributed by atoms with Gasteiger partial charge in [-0.2, -0.15) is 10.2 Å². The number of carbonyl (C=O) groups is 1. The Hall–Kier alpha value is -3.79. The molecule has 0 aliphatic carbocycles. The van der Waals surface area contributed by atoms with Gasteiger partial charge in [-0.25, -0.2) is 5.43 Å². The van der Waals surface area contributed by atoms with Crippen molar-refractivity contribution in [1.29, 1.82) is 0 Å². The number of methoxy groups -OCH3 is 3. The fraction of sp³-hybridized carbons (Fsp3) is 0.348. The highest BCUT2D eigenvalue weighted by Crippen LogP contribution is 2.38. The van der Waals surface area contributed by atoms with E-state index in [1.165, 1.54) is 27.0 Å². The molecule has 1 fully saturated rings. The molecule has 0 aromatic heterocycles. The number of hydrogen-bond donors (Lipinski definition) is 2. The van der Waals surface area contributed by atoms with E-state index in [2.05, 4.69) is 50.0 Å². The van der Waals surface area contributed by atoms with Gasteiger partial charge in [0.1, 0.15) is 5.71 Å². The molecule has 0 bridgehead atoms. The first-order chi connectivity index (χ1) is 16.0. The van der Waals surface area contributed by atoms with Crippen LogP contribution in [0.3, 0.4) is 0 Å². The second kappa shape index (κ2) is 9.78. The Morgan fingerprint density at radius 2 is 1.61 bits per heavy atom. The third kappa shape index (κ3) is 4.70. The fourth-order valence-corrected chi connectivity index (χ4v) is 3.77. The molecule has 2 heterocycles. The van der Waals surface area contributed by atoms with Crippen molar-refractivity contribution in [2.75, 3.05) is 64.9 Å². The topological polar surface area (TPSA) is 100 Å². The molecule has 2 aromatic rings. The minimum Gasteiger partial charge on any atom is -0.493 e. The summed E-state index contributed by atoms with van der Waals surface area (Å²) < 4.78 is 16.2. The van der Waals surface area contributed by atoms with Crippen LogP contribution in [0.4, 0.5) is 11.4 Å². The van der Waals surface area contributed by atoms with Gasteiger partial charge in [-0.1, -0.05) is 0 Å². The lowest BCUT2D eigenvalue weighted by molar-refractivity contribution is -0.114. The average Bonchev–Trinajstić information content (AvgIpc) is 3.22. The Morgan fingerprint density at radius 3 is 2.18 bits per heavy atom. The van der Waals surface area contributed by atoms with Gasteiger partial charge in [0.25, 0.3) is 5.91 Å². The first kappa shape index (κ1) is 22.4. The smallest absolute Gasteiger partial charge is 0.294 e. The largest absolute Gasteiger partial charge is 0.493 e. The van der Waals surface area contributed by atoms with E-state index in [0.29, 0.717) is 28.5 Å². The standard InChI is InChI=1S/C23H28N6O4/c1-28-9-11-29(12-10-28)17-7-5-16(6-8-17)24-26-21-20(25-27-23(21)30)15-13-18(31-2)22(33-4)19(14-15)32-3/h5-8,13-14,24H,9-12H2,1-4H3,(H,26,27,30). The van der Waals surface area contributed by atoms with Gasteiger partial charge in [-0.15, -0.1) is 0 Å². The number of amides is 1. The Morgan fingerprint density at radius 1 is 0.970 bits per heavy atom. The molecule has 1 saturated heterocycles. The summed E-state index contributed by atoms with van der Waals surface area (Å²) in [4.78, 5) is 17.1. The van der Waals surface area contributed by atoms with Gasteiger partial charge in [-0.05, 0) is 43.4 Å². The lowest BCUT2D eigenvalue weighted by Crippen LogP contribution is -2.44. The Bertz CT molecular complexity index is 1050. The minimum atomic E-state index is -0.402. The van der Waals surface area contributed by atoms with Crippen LogP contribution in [0.1, 0.15) is 5.56 Å². The Balaban J connectivity index is 1.53. The molecule has 33 heavy (non-hydrogen) atoms. The maximum absolute atomic E-state index is 12.4. The zero-order valence-electron chi connectivity index (χ0n) is 19.2. The quantitative estimate of drug-likeness (QED) is 0.618. The number of nitrogens with zero attached hydrogens (tertiary/aromatic N) is 4. The molecular weight excluding hydrogens is 424 g/mol. The molecule has 174 valence electrons. The van der Waals surface area contributed by atoms with Crippen molar-refractivity contribution in [3.05, 3.63) is 42.0 Å². The van der Waals surface area contributed by atoms with Crippen LogP contribution < -0.4 is 30.0 Å². The number of benzene rings is 2. The second-order valence-electron chi connectivity index (χ2n) is 7.72. The summed E-state index contributed by atoms with van der Waals surface area (Å²) in [7, 11) is 6.73. The number of nitrogens with one attached hydrogen (secondary N) is 2. The van der Waals surface area contributed by atoms with Crippen molar-refractivity contribution in [3.63, 3.8) is 0 Å². The van der Waals surface area contributed by atoms with Gasteiger partial charge < -0.3 is 24.0 Å². The van der Waals surface area contributed by atoms with Crippen molar-refractivity contribution in [2.24, 2.45) is 10.2 Å². The SMILES string of the molecule is COc1cc(C2=NNC(=O)C2=NNc2ccc(N3CCN(C)CC3)cc2)cc(OC)c1OC. The maximum atomic E-state index is 12.4. The van der Waals surface area contributed by atoms with Crippen LogP contribution in [-0.2, 0) is 4.79 Å². The first-order valence-corrected chi connectivity index (χ1v) is 10.6. The number of likely N-dealkylation sites (N-methyl/N-ethyl adjacent to an activating group) is 1. The van der Waals surface area contributed by atoms with Crippen LogP contribution in [-0.4, -0.2) is 76.8 Å². The van der Waals surface area contributed by atoms with Crippen LogP contribution >= 0.6 is 0 Å². The molecule has 2 N–H and O–H groups in total. The summed E-state index contributed by atoms with van der Waals surface area (Å²) in [6, 6.07) is 11.4. The number of hydrogen-bond acceptors (Lipinski definition) is 9. The summed E-state index contributed by atoms with van der Waals surface area (Å²) in [6.07, 6.45) is 0. The molecule has 10 heteroatoms. The lowest BCUT2D eigenvalue weighted by Gasteiger charge is -2.34. The van der Waals surface area contributed by atoms with E-state index in [1.807, 2.05) is 12.1 Å². The Kier molecular flexibility index (Phi) is 6.64. The normalized spacial score (nSPS) is 17.6. The van der Waals surface area contributed by atoms with Gasteiger partial charge in [-0.3, -0.25) is 10.2 Å². The van der Waals surface area contributed by atoms with Crippen LogP contribution in [0, 0.1) is 0 Å².